The second-order valence-electron chi connectivity index (χ2n) is 6.45. The maximum absolute atomic E-state index is 12.4. The number of nitrogens with zero attached hydrogens (tertiary/aromatic N) is 1. The number of carboxylic acid groups (broad SMARTS) is 1. The molecule has 1 aromatic rings. The predicted molar refractivity (Wildman–Crippen MR) is 86.6 cm³/mol. The summed E-state index contributed by atoms with van der Waals surface area (Å²) in [6, 6.07) is 8.16. The van der Waals surface area contributed by atoms with E-state index in [1.807, 2.05) is 30.3 Å². The largest absolute Gasteiger partial charge is 0.480 e. The summed E-state index contributed by atoms with van der Waals surface area (Å²) in [6.45, 7) is 6.64. The third-order valence-corrected chi connectivity index (χ3v) is 3.42. The molecule has 0 saturated heterocycles. The van der Waals surface area contributed by atoms with Crippen molar-refractivity contribution < 1.29 is 19.5 Å². The second-order valence-corrected chi connectivity index (χ2v) is 6.45. The predicted octanol–water partition coefficient (Wildman–Crippen LogP) is 1.65. The molecule has 1 unspecified atom stereocenters. The number of benzene rings is 1. The van der Waals surface area contributed by atoms with Gasteiger partial charge in [0.1, 0.15) is 6.04 Å². The van der Waals surface area contributed by atoms with E-state index in [0.29, 0.717) is 0 Å². The van der Waals surface area contributed by atoms with Crippen LogP contribution in [0.2, 0.25) is 0 Å². The number of amides is 2. The number of carboxylic acids is 1. The fourth-order valence-corrected chi connectivity index (χ4v) is 1.88. The highest BCUT2D eigenvalue weighted by atomic mass is 16.4. The van der Waals surface area contributed by atoms with Crippen molar-refractivity contribution in [2.24, 2.45) is 5.41 Å². The molecule has 2 amide bonds. The third kappa shape index (κ3) is 5.73. The molecule has 0 aliphatic carbocycles. The molecule has 0 aliphatic heterocycles. The van der Waals surface area contributed by atoms with Crippen LogP contribution in [0.4, 0.5) is 0 Å². The van der Waals surface area contributed by atoms with E-state index in [4.69, 9.17) is 0 Å². The minimum absolute atomic E-state index is 0.179. The Kier molecular flexibility index (Phi) is 6.30. The molecule has 0 radical (unpaired) electrons. The van der Waals surface area contributed by atoms with E-state index in [9.17, 15) is 19.5 Å². The van der Waals surface area contributed by atoms with Gasteiger partial charge < -0.3 is 15.3 Å². The smallest absolute Gasteiger partial charge is 0.326 e. The number of aliphatic carboxylic acids is 1. The molecule has 0 saturated carbocycles. The molecule has 6 nitrogen and oxygen atoms in total. The van der Waals surface area contributed by atoms with Gasteiger partial charge in [0.15, 0.2) is 0 Å². The van der Waals surface area contributed by atoms with Crippen LogP contribution in [-0.4, -0.2) is 40.4 Å². The van der Waals surface area contributed by atoms with Crippen LogP contribution in [0.1, 0.15) is 33.3 Å². The monoisotopic (exact) mass is 320 g/mol. The summed E-state index contributed by atoms with van der Waals surface area (Å²) in [7, 11) is 0. The van der Waals surface area contributed by atoms with Crippen LogP contribution in [0.3, 0.4) is 0 Å². The fraction of sp³-hybridized carbons (Fsp3) is 0.471. The van der Waals surface area contributed by atoms with Crippen LogP contribution >= 0.6 is 0 Å². The SMILES string of the molecule is CC(C(=O)O)N(Cc1ccccc1)C(=O)CNC(=O)C(C)(C)C. The van der Waals surface area contributed by atoms with Crippen molar-refractivity contribution in [2.75, 3.05) is 6.54 Å². The lowest BCUT2D eigenvalue weighted by Gasteiger charge is -2.27. The normalized spacial score (nSPS) is 12.3. The number of carbonyl (C=O) groups excluding carboxylic acids is 2. The van der Waals surface area contributed by atoms with E-state index >= 15 is 0 Å². The zero-order valence-electron chi connectivity index (χ0n) is 14.0. The van der Waals surface area contributed by atoms with Crippen molar-refractivity contribution in [3.8, 4) is 0 Å². The first kappa shape index (κ1) is 18.7. The van der Waals surface area contributed by atoms with Crippen LogP contribution in [0.5, 0.6) is 0 Å². The number of hydrogen-bond donors (Lipinski definition) is 2. The molecular weight excluding hydrogens is 296 g/mol. The molecule has 6 heteroatoms. The standard InChI is InChI=1S/C17H24N2O4/c1-12(15(21)22)19(11-13-8-6-5-7-9-13)14(20)10-18-16(23)17(2,3)4/h5-9,12H,10-11H2,1-4H3,(H,18,23)(H,21,22). The Hall–Kier alpha value is -2.37. The molecule has 23 heavy (non-hydrogen) atoms. The van der Waals surface area contributed by atoms with Crippen LogP contribution < -0.4 is 5.32 Å². The molecule has 0 fully saturated rings. The summed E-state index contributed by atoms with van der Waals surface area (Å²) in [6.07, 6.45) is 0. The molecule has 0 bridgehead atoms. The molecule has 126 valence electrons. The maximum atomic E-state index is 12.4. The number of nitrogens with one attached hydrogen (secondary N) is 1. The lowest BCUT2D eigenvalue weighted by molar-refractivity contribution is -0.150. The number of hydrogen-bond acceptors (Lipinski definition) is 3. The minimum atomic E-state index is -1.09. The second kappa shape index (κ2) is 7.76. The first-order chi connectivity index (χ1) is 10.6. The van der Waals surface area contributed by atoms with Gasteiger partial charge in [-0.3, -0.25) is 9.59 Å². The van der Waals surface area contributed by atoms with Gasteiger partial charge in [-0.15, -0.1) is 0 Å². The molecule has 1 atom stereocenters. The Morgan fingerprint density at radius 2 is 1.74 bits per heavy atom. The summed E-state index contributed by atoms with van der Waals surface area (Å²) in [5.41, 5.74) is 0.222. The van der Waals surface area contributed by atoms with Crippen molar-refractivity contribution in [3.63, 3.8) is 0 Å². The summed E-state index contributed by atoms with van der Waals surface area (Å²) >= 11 is 0. The van der Waals surface area contributed by atoms with Gasteiger partial charge in [-0.25, -0.2) is 4.79 Å². The molecular formula is C17H24N2O4. The van der Waals surface area contributed by atoms with Crippen LogP contribution in [0.15, 0.2) is 30.3 Å². The maximum Gasteiger partial charge on any atom is 0.326 e. The highest BCUT2D eigenvalue weighted by molar-refractivity contribution is 5.89. The molecule has 0 aromatic heterocycles. The number of rotatable bonds is 6. The average Bonchev–Trinajstić information content (AvgIpc) is 2.49. The summed E-state index contributed by atoms with van der Waals surface area (Å²) in [4.78, 5) is 36.7. The van der Waals surface area contributed by atoms with Crippen molar-refractivity contribution in [3.05, 3.63) is 35.9 Å². The van der Waals surface area contributed by atoms with E-state index in [2.05, 4.69) is 5.32 Å². The molecule has 0 heterocycles. The first-order valence-corrected chi connectivity index (χ1v) is 7.47. The van der Waals surface area contributed by atoms with E-state index in [0.717, 1.165) is 5.56 Å². The Morgan fingerprint density at radius 3 is 2.22 bits per heavy atom. The van der Waals surface area contributed by atoms with Gasteiger partial charge in [0.25, 0.3) is 0 Å². The summed E-state index contributed by atoms with van der Waals surface area (Å²) in [5.74, 6) is -1.77. The van der Waals surface area contributed by atoms with E-state index < -0.39 is 23.3 Å². The Balaban J connectivity index is 2.81. The zero-order chi connectivity index (χ0) is 17.6. The molecule has 0 aliphatic rings. The Labute approximate surface area is 136 Å². The van der Waals surface area contributed by atoms with E-state index in [1.165, 1.54) is 11.8 Å². The Morgan fingerprint density at radius 1 is 1.17 bits per heavy atom. The summed E-state index contributed by atoms with van der Waals surface area (Å²) in [5, 5.41) is 11.8. The van der Waals surface area contributed by atoms with E-state index in [-0.39, 0.29) is 19.0 Å². The third-order valence-electron chi connectivity index (χ3n) is 3.42. The lowest BCUT2D eigenvalue weighted by atomic mass is 9.96. The lowest BCUT2D eigenvalue weighted by Crippen LogP contribution is -2.48. The Bertz CT molecular complexity index is 564. The minimum Gasteiger partial charge on any atom is -0.480 e. The first-order valence-electron chi connectivity index (χ1n) is 7.47. The summed E-state index contributed by atoms with van der Waals surface area (Å²) < 4.78 is 0. The topological polar surface area (TPSA) is 86.7 Å². The van der Waals surface area contributed by atoms with Crippen molar-refractivity contribution in [2.45, 2.75) is 40.3 Å². The van der Waals surface area contributed by atoms with Gasteiger partial charge in [0, 0.05) is 12.0 Å². The van der Waals surface area contributed by atoms with Crippen molar-refractivity contribution in [1.82, 2.24) is 10.2 Å². The average molecular weight is 320 g/mol. The fourth-order valence-electron chi connectivity index (χ4n) is 1.88. The highest BCUT2D eigenvalue weighted by Gasteiger charge is 2.27. The highest BCUT2D eigenvalue weighted by Crippen LogP contribution is 2.13. The quantitative estimate of drug-likeness (QED) is 0.834. The molecule has 1 rings (SSSR count). The van der Waals surface area contributed by atoms with Gasteiger partial charge in [0.2, 0.25) is 11.8 Å². The zero-order valence-corrected chi connectivity index (χ0v) is 14.0. The van der Waals surface area contributed by atoms with Gasteiger partial charge in [-0.1, -0.05) is 51.1 Å². The molecule has 0 spiro atoms. The van der Waals surface area contributed by atoms with E-state index in [1.54, 1.807) is 20.8 Å². The van der Waals surface area contributed by atoms with Crippen molar-refractivity contribution >= 4 is 17.8 Å². The molecule has 2 N–H and O–H groups in total. The van der Waals surface area contributed by atoms with Gasteiger partial charge in [-0.2, -0.15) is 0 Å². The molecule has 1 aromatic carbocycles. The van der Waals surface area contributed by atoms with Gasteiger partial charge in [-0.05, 0) is 12.5 Å². The van der Waals surface area contributed by atoms with Crippen LogP contribution in [0, 0.1) is 5.41 Å². The van der Waals surface area contributed by atoms with Gasteiger partial charge in [0.05, 0.1) is 6.54 Å². The van der Waals surface area contributed by atoms with Crippen molar-refractivity contribution in [1.29, 1.82) is 0 Å². The van der Waals surface area contributed by atoms with Gasteiger partial charge >= 0.3 is 5.97 Å². The number of carbonyl (C=O) groups is 3. The van der Waals surface area contributed by atoms with Crippen LogP contribution in [-0.2, 0) is 20.9 Å². The van der Waals surface area contributed by atoms with Crippen LogP contribution in [0.25, 0.3) is 0 Å².